The Balaban J connectivity index is 0.000000159. The van der Waals surface area contributed by atoms with Crippen LogP contribution in [0.5, 0.6) is 0 Å². The van der Waals surface area contributed by atoms with Crippen molar-refractivity contribution >= 4 is 17.8 Å². The van der Waals surface area contributed by atoms with Gasteiger partial charge >= 0.3 is 0 Å². The van der Waals surface area contributed by atoms with E-state index < -0.39 is 5.41 Å². The number of benzene rings is 1. The molecular formula is C20H27FN4O2. The molecule has 0 spiro atoms. The van der Waals surface area contributed by atoms with Crippen LogP contribution in [-0.2, 0) is 30.1 Å². The third kappa shape index (κ3) is 3.69. The molecule has 4 rings (SSSR count). The van der Waals surface area contributed by atoms with Crippen LogP contribution >= 0.6 is 0 Å². The fraction of sp³-hybridized carbons (Fsp3) is 0.500. The number of carbonyl (C=O) groups is 1. The molecule has 1 aromatic heterocycles. The zero-order chi connectivity index (χ0) is 19.8. The van der Waals surface area contributed by atoms with E-state index in [-0.39, 0.29) is 11.9 Å². The molecule has 0 saturated heterocycles. The fourth-order valence-electron chi connectivity index (χ4n) is 3.84. The van der Waals surface area contributed by atoms with Gasteiger partial charge in [0.25, 0.3) is 0 Å². The number of aliphatic hydroxyl groups excluding tert-OH is 1. The smallest absolute Gasteiger partial charge is 0.130 e. The van der Waals surface area contributed by atoms with Gasteiger partial charge in [-0.1, -0.05) is 0 Å². The van der Waals surface area contributed by atoms with E-state index in [4.69, 9.17) is 5.73 Å². The second-order valence-electron chi connectivity index (χ2n) is 7.69. The summed E-state index contributed by atoms with van der Waals surface area (Å²) in [6.45, 7) is 4.47. The number of nitrogens with zero attached hydrogens (tertiary/aromatic N) is 2. The number of halogens is 1. The number of nitrogens with two attached hydrogens (primary N) is 1. The van der Waals surface area contributed by atoms with Crippen LogP contribution in [-0.4, -0.2) is 33.8 Å². The number of carbonyl (C=O) groups excluding carboxylic acids is 1. The highest BCUT2D eigenvalue weighted by molar-refractivity contribution is 5.76. The van der Waals surface area contributed by atoms with E-state index in [0.29, 0.717) is 18.7 Å². The number of nitrogens with one attached hydrogen (secondary N) is 1. The van der Waals surface area contributed by atoms with Crippen LogP contribution < -0.4 is 11.1 Å². The quantitative estimate of drug-likeness (QED) is 0.666. The van der Waals surface area contributed by atoms with Gasteiger partial charge in [-0.05, 0) is 56.4 Å². The van der Waals surface area contributed by atoms with Crippen molar-refractivity contribution in [2.24, 2.45) is 7.05 Å². The lowest BCUT2D eigenvalue weighted by atomic mass is 9.77. The standard InChI is InChI=1S/C12H14FNO.C8H13N3O/c1-8-5-9(13)6-10-11(8)14-4-3-12(10,2)7-15;1-11-8(9)6-4-5(12)2-3-7(6)10-11/h5-7,14H,3-4H2,1-2H3;5,12H,2-4,9H2,1H3. The largest absolute Gasteiger partial charge is 0.393 e. The highest BCUT2D eigenvalue weighted by atomic mass is 19.1. The molecule has 146 valence electrons. The molecule has 2 aromatic rings. The number of hydrogen-bond donors (Lipinski definition) is 3. The number of rotatable bonds is 1. The molecule has 27 heavy (non-hydrogen) atoms. The number of nitrogen functional groups attached to an aromatic ring is 1. The summed E-state index contributed by atoms with van der Waals surface area (Å²) in [5, 5.41) is 16.9. The predicted molar refractivity (Wildman–Crippen MR) is 103 cm³/mol. The maximum absolute atomic E-state index is 13.3. The van der Waals surface area contributed by atoms with Crippen molar-refractivity contribution in [3.8, 4) is 0 Å². The summed E-state index contributed by atoms with van der Waals surface area (Å²) in [6.07, 6.45) is 3.72. The van der Waals surface area contributed by atoms with E-state index in [9.17, 15) is 14.3 Å². The number of anilines is 2. The highest BCUT2D eigenvalue weighted by Crippen LogP contribution is 2.37. The van der Waals surface area contributed by atoms with Crippen LogP contribution in [0.3, 0.4) is 0 Å². The normalized spacial score (nSPS) is 23.4. The molecular weight excluding hydrogens is 347 g/mol. The number of fused-ring (bicyclic) bond motifs is 2. The molecule has 4 N–H and O–H groups in total. The first-order valence-electron chi connectivity index (χ1n) is 9.24. The zero-order valence-corrected chi connectivity index (χ0v) is 16.1. The lowest BCUT2D eigenvalue weighted by Gasteiger charge is -2.32. The minimum atomic E-state index is -0.548. The minimum Gasteiger partial charge on any atom is -0.393 e. The van der Waals surface area contributed by atoms with Crippen molar-refractivity contribution in [1.82, 2.24) is 9.78 Å². The second-order valence-corrected chi connectivity index (χ2v) is 7.69. The van der Waals surface area contributed by atoms with Gasteiger partial charge in [0.2, 0.25) is 0 Å². The van der Waals surface area contributed by atoms with Crippen LogP contribution in [0.4, 0.5) is 15.9 Å². The van der Waals surface area contributed by atoms with E-state index >= 15 is 0 Å². The molecule has 0 radical (unpaired) electrons. The van der Waals surface area contributed by atoms with Crippen molar-refractivity contribution in [2.75, 3.05) is 17.6 Å². The van der Waals surface area contributed by atoms with Crippen LogP contribution in [0.25, 0.3) is 0 Å². The van der Waals surface area contributed by atoms with Gasteiger partial charge in [0, 0.05) is 31.3 Å². The topological polar surface area (TPSA) is 93.2 Å². The monoisotopic (exact) mass is 374 g/mol. The molecule has 1 aliphatic carbocycles. The van der Waals surface area contributed by atoms with E-state index in [1.54, 1.807) is 4.68 Å². The summed E-state index contributed by atoms with van der Waals surface area (Å²) < 4.78 is 15.0. The first kappa shape index (κ1) is 19.4. The first-order chi connectivity index (χ1) is 12.7. The van der Waals surface area contributed by atoms with Crippen molar-refractivity contribution in [1.29, 1.82) is 0 Å². The maximum atomic E-state index is 13.3. The molecule has 1 aromatic carbocycles. The Bertz CT molecular complexity index is 864. The third-order valence-corrected chi connectivity index (χ3v) is 5.55. The molecule has 0 bridgehead atoms. The first-order valence-corrected chi connectivity index (χ1v) is 9.24. The Morgan fingerprint density at radius 3 is 2.93 bits per heavy atom. The Kier molecular flexibility index (Phi) is 5.24. The summed E-state index contributed by atoms with van der Waals surface area (Å²) in [7, 11) is 1.83. The lowest BCUT2D eigenvalue weighted by molar-refractivity contribution is -0.112. The van der Waals surface area contributed by atoms with Gasteiger partial charge in [-0.25, -0.2) is 4.39 Å². The fourth-order valence-corrected chi connectivity index (χ4v) is 3.84. The van der Waals surface area contributed by atoms with E-state index in [1.807, 2.05) is 20.9 Å². The molecule has 6 nitrogen and oxygen atoms in total. The van der Waals surface area contributed by atoms with Crippen molar-refractivity contribution in [2.45, 2.75) is 51.0 Å². The highest BCUT2D eigenvalue weighted by Gasteiger charge is 2.33. The van der Waals surface area contributed by atoms with Gasteiger partial charge in [-0.15, -0.1) is 0 Å². The van der Waals surface area contributed by atoms with Crippen LogP contribution in [0, 0.1) is 12.7 Å². The summed E-state index contributed by atoms with van der Waals surface area (Å²) in [4.78, 5) is 11.1. The van der Waals surface area contributed by atoms with Crippen LogP contribution in [0.1, 0.15) is 42.1 Å². The molecule has 2 aliphatic rings. The molecule has 0 saturated carbocycles. The average molecular weight is 374 g/mol. The summed E-state index contributed by atoms with van der Waals surface area (Å²) in [5.41, 5.74) is 9.87. The molecule has 2 unspecified atom stereocenters. The van der Waals surface area contributed by atoms with Gasteiger partial charge < -0.3 is 21.0 Å². The van der Waals surface area contributed by atoms with Crippen LogP contribution in [0.15, 0.2) is 12.1 Å². The van der Waals surface area contributed by atoms with Crippen molar-refractivity contribution < 1.29 is 14.3 Å². The summed E-state index contributed by atoms with van der Waals surface area (Å²) in [5.74, 6) is 0.423. The van der Waals surface area contributed by atoms with Gasteiger partial charge in [0.1, 0.15) is 17.9 Å². The van der Waals surface area contributed by atoms with Crippen LogP contribution in [0.2, 0.25) is 0 Å². The summed E-state index contributed by atoms with van der Waals surface area (Å²) >= 11 is 0. The maximum Gasteiger partial charge on any atom is 0.130 e. The van der Waals surface area contributed by atoms with Gasteiger partial charge in [0.15, 0.2) is 0 Å². The van der Waals surface area contributed by atoms with Crippen molar-refractivity contribution in [3.63, 3.8) is 0 Å². The second kappa shape index (κ2) is 7.31. The molecule has 0 fully saturated rings. The molecule has 0 amide bonds. The Hall–Kier alpha value is -2.41. The Morgan fingerprint density at radius 1 is 1.48 bits per heavy atom. The average Bonchev–Trinajstić information content (AvgIpc) is 2.91. The Morgan fingerprint density at radius 2 is 2.22 bits per heavy atom. The SMILES string of the molecule is Cc1cc(F)cc2c1NCCC2(C)C=O.Cn1nc2c(c1N)CC(O)CC2. The van der Waals surface area contributed by atoms with E-state index in [2.05, 4.69) is 10.4 Å². The van der Waals surface area contributed by atoms with Gasteiger partial charge in [0.05, 0.1) is 17.2 Å². The third-order valence-electron chi connectivity index (χ3n) is 5.55. The van der Waals surface area contributed by atoms with Gasteiger partial charge in [-0.3, -0.25) is 4.68 Å². The van der Waals surface area contributed by atoms with Crippen molar-refractivity contribution in [3.05, 3.63) is 40.3 Å². The number of hydrogen-bond acceptors (Lipinski definition) is 5. The number of aromatic nitrogens is 2. The minimum absolute atomic E-state index is 0.232. The zero-order valence-electron chi connectivity index (χ0n) is 16.1. The number of aliphatic hydroxyl groups is 1. The predicted octanol–water partition coefficient (Wildman–Crippen LogP) is 2.26. The lowest BCUT2D eigenvalue weighted by Crippen LogP contribution is -2.33. The molecule has 2 atom stereocenters. The molecule has 1 aliphatic heterocycles. The molecule has 7 heteroatoms. The summed E-state index contributed by atoms with van der Waals surface area (Å²) in [6, 6.07) is 2.95. The van der Waals surface area contributed by atoms with Gasteiger partial charge in [-0.2, -0.15) is 5.10 Å². The van der Waals surface area contributed by atoms with E-state index in [0.717, 1.165) is 53.7 Å². The number of aryl methyl sites for hydroxylation is 3. The molecule has 2 heterocycles. The Labute approximate surface area is 158 Å². The van der Waals surface area contributed by atoms with E-state index in [1.165, 1.54) is 12.1 Å². The number of aldehydes is 1.